The third-order valence-corrected chi connectivity index (χ3v) is 3.93. The van der Waals surface area contributed by atoms with Gasteiger partial charge in [-0.3, -0.25) is 4.79 Å². The number of hydrogen-bond donors (Lipinski definition) is 0. The fraction of sp³-hybridized carbons (Fsp3) is 0.895. The highest BCUT2D eigenvalue weighted by molar-refractivity contribution is 5.70. The first kappa shape index (κ1) is 22.9. The number of carboxylic acid groups (broad SMARTS) is 1. The Bertz CT molecular complexity index is 350. The van der Waals surface area contributed by atoms with E-state index in [0.717, 1.165) is 19.3 Å². The number of likely N-dealkylation sites (N-methyl/N-ethyl adjacent to an activating group) is 1. The summed E-state index contributed by atoms with van der Waals surface area (Å²) in [7, 11) is 5.82. The van der Waals surface area contributed by atoms with E-state index in [1.165, 1.54) is 38.5 Å². The fourth-order valence-corrected chi connectivity index (χ4v) is 2.77. The minimum atomic E-state index is -1.18. The zero-order valence-electron chi connectivity index (χ0n) is 16.1. The molecule has 0 radical (unpaired) electrons. The summed E-state index contributed by atoms with van der Waals surface area (Å²) in [5, 5.41) is 10.8. The third kappa shape index (κ3) is 15.8. The van der Waals surface area contributed by atoms with Crippen LogP contribution in [-0.4, -0.2) is 50.2 Å². The zero-order valence-corrected chi connectivity index (χ0v) is 16.1. The van der Waals surface area contributed by atoms with Crippen LogP contribution in [0.25, 0.3) is 0 Å². The maximum absolute atomic E-state index is 11.9. The van der Waals surface area contributed by atoms with Crippen LogP contribution in [0, 0.1) is 0 Å². The van der Waals surface area contributed by atoms with E-state index in [0.29, 0.717) is 17.4 Å². The molecular weight excluding hydrogens is 306 g/mol. The molecule has 0 aliphatic rings. The lowest BCUT2D eigenvalue weighted by Gasteiger charge is -2.29. The zero-order chi connectivity index (χ0) is 18.4. The Labute approximate surface area is 148 Å². The van der Waals surface area contributed by atoms with Crippen molar-refractivity contribution in [2.24, 2.45) is 0 Å². The maximum Gasteiger partial charge on any atom is 0.306 e. The predicted molar refractivity (Wildman–Crippen MR) is 94.2 cm³/mol. The van der Waals surface area contributed by atoms with Gasteiger partial charge in [0, 0.05) is 18.8 Å². The number of esters is 1. The molecule has 0 rings (SSSR count). The molecule has 0 spiro atoms. The van der Waals surface area contributed by atoms with E-state index in [-0.39, 0.29) is 12.4 Å². The van der Waals surface area contributed by atoms with Crippen LogP contribution in [0.2, 0.25) is 0 Å². The van der Waals surface area contributed by atoms with E-state index in [1.807, 2.05) is 21.1 Å². The number of nitrogens with zero attached hydrogens (tertiary/aromatic N) is 1. The van der Waals surface area contributed by atoms with E-state index < -0.39 is 12.1 Å². The molecule has 0 heterocycles. The standard InChI is InChI=1S/C19H37NO4/c1-5-6-7-8-9-10-11-12-13-14-19(23)24-17(15-18(21)22)16-20(2,3)4/h17H,5-16H2,1-4H3. The second kappa shape index (κ2) is 13.2. The number of unbranched alkanes of at least 4 members (excludes halogenated alkanes) is 8. The van der Waals surface area contributed by atoms with Crippen LogP contribution in [0.15, 0.2) is 0 Å². The van der Waals surface area contributed by atoms with Gasteiger partial charge in [0.1, 0.15) is 6.54 Å². The van der Waals surface area contributed by atoms with E-state index in [2.05, 4.69) is 6.92 Å². The molecule has 0 aliphatic carbocycles. The number of aliphatic carboxylic acids is 1. The summed E-state index contributed by atoms with van der Waals surface area (Å²) in [6.45, 7) is 2.69. The quantitative estimate of drug-likeness (QED) is 0.260. The van der Waals surface area contributed by atoms with Crippen molar-refractivity contribution in [3.8, 4) is 0 Å². The van der Waals surface area contributed by atoms with Gasteiger partial charge >= 0.3 is 5.97 Å². The largest absolute Gasteiger partial charge is 0.550 e. The number of ether oxygens (including phenoxy) is 1. The second-order valence-corrected chi connectivity index (χ2v) is 7.74. The minimum Gasteiger partial charge on any atom is -0.550 e. The number of carboxylic acids is 1. The molecule has 0 fully saturated rings. The van der Waals surface area contributed by atoms with Crippen molar-refractivity contribution in [3.63, 3.8) is 0 Å². The molecule has 5 nitrogen and oxygen atoms in total. The number of rotatable bonds is 15. The summed E-state index contributed by atoms with van der Waals surface area (Å²) < 4.78 is 5.88. The maximum atomic E-state index is 11.9. The molecule has 0 aliphatic heterocycles. The van der Waals surface area contributed by atoms with E-state index in [4.69, 9.17) is 4.74 Å². The lowest BCUT2D eigenvalue weighted by Crippen LogP contribution is -2.45. The summed E-state index contributed by atoms with van der Waals surface area (Å²) in [4.78, 5) is 22.7. The Balaban J connectivity index is 3.82. The van der Waals surface area contributed by atoms with Crippen LogP contribution in [0.3, 0.4) is 0 Å². The fourth-order valence-electron chi connectivity index (χ4n) is 2.77. The lowest BCUT2D eigenvalue weighted by atomic mass is 10.1. The molecule has 0 bridgehead atoms. The summed E-state index contributed by atoms with van der Waals surface area (Å²) in [6, 6.07) is 0. The molecule has 0 saturated heterocycles. The van der Waals surface area contributed by atoms with Gasteiger partial charge in [0.15, 0.2) is 6.10 Å². The van der Waals surface area contributed by atoms with E-state index in [9.17, 15) is 14.7 Å². The highest BCUT2D eigenvalue weighted by Crippen LogP contribution is 2.12. The average molecular weight is 344 g/mol. The molecule has 24 heavy (non-hydrogen) atoms. The Kier molecular flexibility index (Phi) is 12.6. The number of carbonyl (C=O) groups is 2. The number of hydrogen-bond acceptors (Lipinski definition) is 4. The normalized spacial score (nSPS) is 12.8. The molecule has 5 heteroatoms. The first-order valence-corrected chi connectivity index (χ1v) is 9.44. The van der Waals surface area contributed by atoms with Gasteiger partial charge in [-0.2, -0.15) is 0 Å². The van der Waals surface area contributed by atoms with Crippen molar-refractivity contribution in [3.05, 3.63) is 0 Å². The van der Waals surface area contributed by atoms with Crippen molar-refractivity contribution >= 4 is 11.9 Å². The van der Waals surface area contributed by atoms with Crippen molar-refractivity contribution in [2.75, 3.05) is 27.7 Å². The molecule has 1 atom stereocenters. The van der Waals surface area contributed by atoms with Gasteiger partial charge in [-0.15, -0.1) is 0 Å². The molecule has 0 saturated carbocycles. The van der Waals surface area contributed by atoms with Gasteiger partial charge in [-0.05, 0) is 6.42 Å². The van der Waals surface area contributed by atoms with Gasteiger partial charge in [-0.25, -0.2) is 0 Å². The molecule has 0 N–H and O–H groups in total. The topological polar surface area (TPSA) is 66.4 Å². The SMILES string of the molecule is CCCCCCCCCCCC(=O)OC(CC(=O)[O-])C[N+](C)(C)C. The molecule has 0 aromatic carbocycles. The van der Waals surface area contributed by atoms with Gasteiger partial charge in [0.25, 0.3) is 0 Å². The highest BCUT2D eigenvalue weighted by Gasteiger charge is 2.22. The Morgan fingerprint density at radius 2 is 1.42 bits per heavy atom. The average Bonchev–Trinajstić information content (AvgIpc) is 2.42. The number of quaternary nitrogens is 1. The molecule has 142 valence electrons. The third-order valence-electron chi connectivity index (χ3n) is 3.93. The second-order valence-electron chi connectivity index (χ2n) is 7.74. The Morgan fingerprint density at radius 3 is 1.88 bits per heavy atom. The van der Waals surface area contributed by atoms with Gasteiger partial charge < -0.3 is 19.1 Å². The van der Waals surface area contributed by atoms with Crippen LogP contribution in [-0.2, 0) is 14.3 Å². The highest BCUT2D eigenvalue weighted by atomic mass is 16.5. The molecule has 1 unspecified atom stereocenters. The lowest BCUT2D eigenvalue weighted by molar-refractivity contribution is -0.873. The summed E-state index contributed by atoms with van der Waals surface area (Å²) >= 11 is 0. The first-order chi connectivity index (χ1) is 11.2. The van der Waals surface area contributed by atoms with E-state index in [1.54, 1.807) is 0 Å². The van der Waals surface area contributed by atoms with Crippen molar-refractivity contribution in [1.29, 1.82) is 0 Å². The molecule has 0 aromatic heterocycles. The Morgan fingerprint density at radius 1 is 0.917 bits per heavy atom. The summed E-state index contributed by atoms with van der Waals surface area (Å²) in [5.41, 5.74) is 0. The molecule has 0 aromatic rings. The van der Waals surface area contributed by atoms with Crippen LogP contribution >= 0.6 is 0 Å². The molecule has 0 amide bonds. The smallest absolute Gasteiger partial charge is 0.306 e. The van der Waals surface area contributed by atoms with Crippen molar-refractivity contribution in [2.45, 2.75) is 83.7 Å². The van der Waals surface area contributed by atoms with Crippen LogP contribution in [0.5, 0.6) is 0 Å². The summed E-state index contributed by atoms with van der Waals surface area (Å²) in [6.07, 6.45) is 10.3. The van der Waals surface area contributed by atoms with E-state index >= 15 is 0 Å². The number of carbonyl (C=O) groups excluding carboxylic acids is 2. The Hall–Kier alpha value is -1.10. The van der Waals surface area contributed by atoms with Crippen molar-refractivity contribution < 1.29 is 23.9 Å². The van der Waals surface area contributed by atoms with Gasteiger partial charge in [-0.1, -0.05) is 58.3 Å². The monoisotopic (exact) mass is 343 g/mol. The molecular formula is C19H37NO4. The van der Waals surface area contributed by atoms with Crippen molar-refractivity contribution in [1.82, 2.24) is 0 Å². The van der Waals surface area contributed by atoms with Gasteiger partial charge in [0.05, 0.1) is 21.1 Å². The predicted octanol–water partition coefficient (Wildman–Crippen LogP) is 2.67. The first-order valence-electron chi connectivity index (χ1n) is 9.44. The van der Waals surface area contributed by atoms with Crippen LogP contribution < -0.4 is 5.11 Å². The van der Waals surface area contributed by atoms with Crippen LogP contribution in [0.4, 0.5) is 0 Å². The van der Waals surface area contributed by atoms with Gasteiger partial charge in [0.2, 0.25) is 0 Å². The summed E-state index contributed by atoms with van der Waals surface area (Å²) in [5.74, 6) is -1.47. The minimum absolute atomic E-state index is 0.237. The van der Waals surface area contributed by atoms with Crippen LogP contribution in [0.1, 0.15) is 77.6 Å².